The summed E-state index contributed by atoms with van der Waals surface area (Å²) in [5.41, 5.74) is 1.30. The van der Waals surface area contributed by atoms with Crippen LogP contribution in [-0.4, -0.2) is 93.8 Å². The Morgan fingerprint density at radius 3 is 2.44 bits per heavy atom. The fraction of sp³-hybridized carbons (Fsp3) is 0.720. The fourth-order valence-electron chi connectivity index (χ4n) is 4.98. The van der Waals surface area contributed by atoms with E-state index in [9.17, 15) is 0 Å². The van der Waals surface area contributed by atoms with Crippen molar-refractivity contribution in [1.29, 1.82) is 0 Å². The molecule has 32 heavy (non-hydrogen) atoms. The normalized spacial score (nSPS) is 20.1. The molecule has 7 nitrogen and oxygen atoms in total. The van der Waals surface area contributed by atoms with Gasteiger partial charge >= 0.3 is 0 Å². The molecule has 1 aromatic rings. The van der Waals surface area contributed by atoms with Crippen LogP contribution in [0.5, 0.6) is 11.5 Å². The summed E-state index contributed by atoms with van der Waals surface area (Å²) in [7, 11) is 7.73. The van der Waals surface area contributed by atoms with Crippen LogP contribution in [0.2, 0.25) is 0 Å². The van der Waals surface area contributed by atoms with E-state index in [1.165, 1.54) is 45.2 Å². The maximum atomic E-state index is 5.61. The third-order valence-corrected chi connectivity index (χ3v) is 7.07. The minimum absolute atomic E-state index is 0.187. The summed E-state index contributed by atoms with van der Waals surface area (Å²) in [6.45, 7) is 9.30. The molecule has 7 heteroatoms. The zero-order valence-corrected chi connectivity index (χ0v) is 20.8. The van der Waals surface area contributed by atoms with Gasteiger partial charge in [0.15, 0.2) is 5.96 Å². The Bertz CT molecular complexity index is 740. The van der Waals surface area contributed by atoms with Gasteiger partial charge in [0.05, 0.1) is 20.8 Å². The molecular formula is C25H43N5O2. The number of rotatable bonds is 8. The predicted molar refractivity (Wildman–Crippen MR) is 132 cm³/mol. The summed E-state index contributed by atoms with van der Waals surface area (Å²) in [6, 6.07) is 6.00. The Morgan fingerprint density at radius 2 is 1.81 bits per heavy atom. The number of nitrogens with one attached hydrogen (secondary N) is 1. The molecule has 2 fully saturated rings. The van der Waals surface area contributed by atoms with Crippen LogP contribution in [0.4, 0.5) is 0 Å². The van der Waals surface area contributed by atoms with E-state index in [4.69, 9.17) is 14.5 Å². The van der Waals surface area contributed by atoms with Crippen LogP contribution in [0.25, 0.3) is 0 Å². The summed E-state index contributed by atoms with van der Waals surface area (Å²) < 4.78 is 11.0. The first-order valence-corrected chi connectivity index (χ1v) is 12.2. The van der Waals surface area contributed by atoms with Crippen LogP contribution in [0.3, 0.4) is 0 Å². The summed E-state index contributed by atoms with van der Waals surface area (Å²) in [6.07, 6.45) is 6.40. The second kappa shape index (κ2) is 11.8. The number of guanidine groups is 1. The number of nitrogens with zero attached hydrogens (tertiary/aromatic N) is 4. The molecule has 2 aliphatic rings. The van der Waals surface area contributed by atoms with Crippen LogP contribution in [0.1, 0.15) is 44.6 Å². The van der Waals surface area contributed by atoms with Gasteiger partial charge in [0.1, 0.15) is 11.5 Å². The smallest absolute Gasteiger partial charge is 0.194 e. The van der Waals surface area contributed by atoms with Gasteiger partial charge in [-0.25, -0.2) is 0 Å². The quantitative estimate of drug-likeness (QED) is 0.490. The number of likely N-dealkylation sites (tertiary alicyclic amines) is 2. The molecule has 2 saturated heterocycles. The molecular weight excluding hydrogens is 402 g/mol. The molecule has 0 atom stereocenters. The molecule has 2 heterocycles. The number of benzene rings is 1. The van der Waals surface area contributed by atoms with Gasteiger partial charge in [-0.05, 0) is 78.0 Å². The van der Waals surface area contributed by atoms with Crippen molar-refractivity contribution in [3.05, 3.63) is 23.8 Å². The van der Waals surface area contributed by atoms with Crippen molar-refractivity contribution in [2.75, 3.05) is 67.6 Å². The first-order chi connectivity index (χ1) is 15.5. The first-order valence-electron chi connectivity index (χ1n) is 12.2. The van der Waals surface area contributed by atoms with Crippen molar-refractivity contribution < 1.29 is 9.47 Å². The maximum Gasteiger partial charge on any atom is 0.194 e. The van der Waals surface area contributed by atoms with Crippen LogP contribution < -0.4 is 14.8 Å². The summed E-state index contributed by atoms with van der Waals surface area (Å²) >= 11 is 0. The van der Waals surface area contributed by atoms with Crippen LogP contribution in [0, 0.1) is 0 Å². The number of methoxy groups -OCH3 is 2. The Morgan fingerprint density at radius 1 is 1.09 bits per heavy atom. The lowest BCUT2D eigenvalue weighted by Gasteiger charge is -2.49. The van der Waals surface area contributed by atoms with Crippen LogP contribution in [-0.2, 0) is 6.54 Å². The lowest BCUT2D eigenvalue weighted by Crippen LogP contribution is -2.58. The minimum Gasteiger partial charge on any atom is -0.497 e. The maximum absolute atomic E-state index is 5.61. The Kier molecular flexibility index (Phi) is 9.05. The van der Waals surface area contributed by atoms with Crippen molar-refractivity contribution in [3.63, 3.8) is 0 Å². The highest BCUT2D eigenvalue weighted by molar-refractivity contribution is 5.79. The van der Waals surface area contributed by atoms with Gasteiger partial charge in [-0.15, -0.1) is 0 Å². The molecule has 0 amide bonds. The number of ether oxygens (including phenoxy) is 2. The lowest BCUT2D eigenvalue weighted by molar-refractivity contribution is 0.0206. The Hall–Kier alpha value is -1.99. The molecule has 1 N–H and O–H groups in total. The SMILES string of the molecule is CCNC(=NCC1(N2CCCCC2)CCN(C)CC1)N(C)Cc1ccc(OC)cc1OC. The minimum atomic E-state index is 0.187. The van der Waals surface area contributed by atoms with Crippen molar-refractivity contribution in [2.45, 2.75) is 51.1 Å². The van der Waals surface area contributed by atoms with Gasteiger partial charge in [0.2, 0.25) is 0 Å². The number of hydrogen-bond acceptors (Lipinski definition) is 5. The van der Waals surface area contributed by atoms with E-state index in [2.05, 4.69) is 47.1 Å². The molecule has 0 spiro atoms. The van der Waals surface area contributed by atoms with E-state index in [1.54, 1.807) is 14.2 Å². The van der Waals surface area contributed by atoms with Crippen molar-refractivity contribution in [1.82, 2.24) is 20.0 Å². The summed E-state index contributed by atoms with van der Waals surface area (Å²) in [5, 5.41) is 3.51. The topological polar surface area (TPSA) is 52.6 Å². The zero-order chi connectivity index (χ0) is 23.0. The van der Waals surface area contributed by atoms with Crippen molar-refractivity contribution >= 4 is 5.96 Å². The third kappa shape index (κ3) is 6.07. The van der Waals surface area contributed by atoms with E-state index < -0.39 is 0 Å². The Labute approximate surface area is 194 Å². The van der Waals surface area contributed by atoms with Crippen LogP contribution in [0.15, 0.2) is 23.2 Å². The highest BCUT2D eigenvalue weighted by Gasteiger charge is 2.39. The number of piperidine rings is 2. The molecule has 1 aromatic carbocycles. The second-order valence-electron chi connectivity index (χ2n) is 9.28. The van der Waals surface area contributed by atoms with Gasteiger partial charge in [0.25, 0.3) is 0 Å². The van der Waals surface area contributed by atoms with Crippen LogP contribution >= 0.6 is 0 Å². The number of aliphatic imine (C=N–C) groups is 1. The largest absolute Gasteiger partial charge is 0.497 e. The molecule has 0 saturated carbocycles. The zero-order valence-electron chi connectivity index (χ0n) is 20.8. The average molecular weight is 446 g/mol. The molecule has 0 aliphatic carbocycles. The molecule has 0 aromatic heterocycles. The highest BCUT2D eigenvalue weighted by atomic mass is 16.5. The van der Waals surface area contributed by atoms with Crippen molar-refractivity contribution in [2.24, 2.45) is 4.99 Å². The molecule has 0 bridgehead atoms. The van der Waals surface area contributed by atoms with E-state index in [0.29, 0.717) is 0 Å². The molecule has 3 rings (SSSR count). The van der Waals surface area contributed by atoms with Gasteiger partial charge in [0, 0.05) is 37.3 Å². The standard InChI is InChI=1S/C25H43N5O2/c1-6-26-24(29(3)19-21-10-11-22(31-4)18-23(21)32-5)27-20-25(12-16-28(2)17-13-25)30-14-8-7-9-15-30/h10-11,18H,6-9,12-17,19-20H2,1-5H3,(H,26,27). The summed E-state index contributed by atoms with van der Waals surface area (Å²) in [4.78, 5) is 12.6. The lowest BCUT2D eigenvalue weighted by atomic mass is 9.84. The van der Waals surface area contributed by atoms with Gasteiger partial charge < -0.3 is 24.6 Å². The molecule has 0 radical (unpaired) electrons. The second-order valence-corrected chi connectivity index (χ2v) is 9.28. The van der Waals surface area contributed by atoms with Gasteiger partial charge in [-0.3, -0.25) is 9.89 Å². The van der Waals surface area contributed by atoms with E-state index in [0.717, 1.165) is 55.7 Å². The number of hydrogen-bond donors (Lipinski definition) is 1. The molecule has 2 aliphatic heterocycles. The first kappa shape index (κ1) is 24.6. The van der Waals surface area contributed by atoms with Gasteiger partial charge in [-0.1, -0.05) is 6.42 Å². The molecule has 0 unspecified atom stereocenters. The monoisotopic (exact) mass is 445 g/mol. The van der Waals surface area contributed by atoms with E-state index >= 15 is 0 Å². The molecule has 180 valence electrons. The fourth-order valence-corrected chi connectivity index (χ4v) is 4.98. The third-order valence-electron chi connectivity index (χ3n) is 7.07. The van der Waals surface area contributed by atoms with E-state index in [-0.39, 0.29) is 5.54 Å². The van der Waals surface area contributed by atoms with E-state index in [1.807, 2.05) is 12.1 Å². The Balaban J connectivity index is 1.77. The highest BCUT2D eigenvalue weighted by Crippen LogP contribution is 2.32. The van der Waals surface area contributed by atoms with Crippen molar-refractivity contribution in [3.8, 4) is 11.5 Å². The average Bonchev–Trinajstić information content (AvgIpc) is 2.83. The van der Waals surface area contributed by atoms with Gasteiger partial charge in [-0.2, -0.15) is 0 Å². The summed E-state index contributed by atoms with van der Waals surface area (Å²) in [5.74, 6) is 2.60. The predicted octanol–water partition coefficient (Wildman–Crippen LogP) is 3.05.